The van der Waals surface area contributed by atoms with Gasteiger partial charge in [0, 0.05) is 48.2 Å². The van der Waals surface area contributed by atoms with E-state index in [4.69, 9.17) is 14.7 Å². The first kappa shape index (κ1) is 22.0. The Bertz CT molecular complexity index is 1500. The van der Waals surface area contributed by atoms with E-state index in [-0.39, 0.29) is 0 Å². The predicted octanol–water partition coefficient (Wildman–Crippen LogP) is 6.44. The summed E-state index contributed by atoms with van der Waals surface area (Å²) in [5.41, 5.74) is 7.70. The molecule has 0 saturated heterocycles. The summed E-state index contributed by atoms with van der Waals surface area (Å²) >= 11 is 0. The molecule has 0 radical (unpaired) electrons. The molecule has 0 saturated carbocycles. The number of fused-ring (bicyclic) bond motifs is 1. The minimum absolute atomic E-state index is 0.719. The van der Waals surface area contributed by atoms with Gasteiger partial charge in [-0.1, -0.05) is 66.7 Å². The Hall–Kier alpha value is -4.51. The van der Waals surface area contributed by atoms with Crippen LogP contribution in [0, 0.1) is 0 Å². The van der Waals surface area contributed by atoms with Gasteiger partial charge in [-0.25, -0.2) is 9.97 Å². The molecule has 0 fully saturated rings. The highest BCUT2D eigenvalue weighted by Crippen LogP contribution is 2.31. The molecule has 0 atom stereocenters. The first-order valence-electron chi connectivity index (χ1n) is 12.1. The van der Waals surface area contributed by atoms with Crippen molar-refractivity contribution in [2.24, 2.45) is 0 Å². The predicted molar refractivity (Wildman–Crippen MR) is 144 cm³/mol. The van der Waals surface area contributed by atoms with Crippen LogP contribution >= 0.6 is 0 Å². The van der Waals surface area contributed by atoms with Crippen LogP contribution in [-0.2, 0) is 13.0 Å². The van der Waals surface area contributed by atoms with E-state index in [2.05, 4.69) is 58.4 Å². The van der Waals surface area contributed by atoms with Crippen molar-refractivity contribution in [3.05, 3.63) is 115 Å². The Morgan fingerprint density at radius 1 is 0.694 bits per heavy atom. The lowest BCUT2D eigenvalue weighted by atomic mass is 10.00. The van der Waals surface area contributed by atoms with Crippen molar-refractivity contribution in [2.45, 2.75) is 13.0 Å². The summed E-state index contributed by atoms with van der Waals surface area (Å²) in [6, 6.07) is 31.1. The van der Waals surface area contributed by atoms with Crippen LogP contribution in [0.3, 0.4) is 0 Å². The Morgan fingerprint density at radius 3 is 2.25 bits per heavy atom. The second-order valence-corrected chi connectivity index (χ2v) is 8.93. The largest absolute Gasteiger partial charge is 0.497 e. The maximum Gasteiger partial charge on any atom is 0.162 e. The fraction of sp³-hybridized carbons (Fsp3) is 0.129. The Labute approximate surface area is 211 Å². The van der Waals surface area contributed by atoms with Gasteiger partial charge in [0.25, 0.3) is 0 Å². The molecule has 3 heterocycles. The lowest BCUT2D eigenvalue weighted by Gasteiger charge is -2.30. The van der Waals surface area contributed by atoms with Crippen molar-refractivity contribution in [1.82, 2.24) is 15.0 Å². The SMILES string of the molecule is COc1ccc(-c2cncc(-c3cc(N4CCc5ccccc5C4)nc(-c4ccccc4)n3)c2)cc1. The molecule has 0 aliphatic carbocycles. The molecule has 1 aliphatic rings. The molecule has 0 unspecified atom stereocenters. The van der Waals surface area contributed by atoms with E-state index in [1.165, 1.54) is 11.1 Å². The molecule has 176 valence electrons. The summed E-state index contributed by atoms with van der Waals surface area (Å²) in [5, 5.41) is 0. The van der Waals surface area contributed by atoms with Crippen LogP contribution in [0.2, 0.25) is 0 Å². The summed E-state index contributed by atoms with van der Waals surface area (Å²) in [6.45, 7) is 1.76. The van der Waals surface area contributed by atoms with Crippen molar-refractivity contribution in [2.75, 3.05) is 18.6 Å². The topological polar surface area (TPSA) is 51.1 Å². The second kappa shape index (κ2) is 9.62. The normalized spacial score (nSPS) is 12.8. The van der Waals surface area contributed by atoms with E-state index in [0.29, 0.717) is 0 Å². The maximum atomic E-state index is 5.31. The van der Waals surface area contributed by atoms with Gasteiger partial charge in [0.1, 0.15) is 11.6 Å². The van der Waals surface area contributed by atoms with Gasteiger partial charge in [-0.05, 0) is 41.3 Å². The van der Waals surface area contributed by atoms with E-state index < -0.39 is 0 Å². The number of anilines is 1. The number of ether oxygens (including phenoxy) is 1. The molecule has 1 aliphatic heterocycles. The first-order valence-corrected chi connectivity index (χ1v) is 12.1. The number of benzene rings is 3. The zero-order valence-corrected chi connectivity index (χ0v) is 20.1. The van der Waals surface area contributed by atoms with Crippen LogP contribution in [0.1, 0.15) is 11.1 Å². The Morgan fingerprint density at radius 2 is 1.44 bits per heavy atom. The smallest absolute Gasteiger partial charge is 0.162 e. The van der Waals surface area contributed by atoms with Crippen molar-refractivity contribution < 1.29 is 4.74 Å². The van der Waals surface area contributed by atoms with Crippen molar-refractivity contribution in [3.8, 4) is 39.5 Å². The van der Waals surface area contributed by atoms with Gasteiger partial charge in [0.15, 0.2) is 5.82 Å². The van der Waals surface area contributed by atoms with E-state index in [1.807, 2.05) is 54.9 Å². The summed E-state index contributed by atoms with van der Waals surface area (Å²) in [4.78, 5) is 16.9. The molecular weight excluding hydrogens is 444 g/mol. The van der Waals surface area contributed by atoms with Gasteiger partial charge in [0.05, 0.1) is 12.8 Å². The minimum Gasteiger partial charge on any atom is -0.497 e. The summed E-state index contributed by atoms with van der Waals surface area (Å²) < 4.78 is 5.31. The van der Waals surface area contributed by atoms with Crippen LogP contribution in [0.4, 0.5) is 5.82 Å². The van der Waals surface area contributed by atoms with E-state index in [1.54, 1.807) is 7.11 Å². The van der Waals surface area contributed by atoms with Gasteiger partial charge in [-0.3, -0.25) is 4.98 Å². The number of methoxy groups -OCH3 is 1. The average molecular weight is 471 g/mol. The summed E-state index contributed by atoms with van der Waals surface area (Å²) in [6.07, 6.45) is 4.76. The van der Waals surface area contributed by atoms with E-state index >= 15 is 0 Å². The van der Waals surface area contributed by atoms with Crippen LogP contribution < -0.4 is 9.64 Å². The molecule has 0 bridgehead atoms. The molecule has 0 spiro atoms. The van der Waals surface area contributed by atoms with Crippen molar-refractivity contribution in [1.29, 1.82) is 0 Å². The molecule has 0 amide bonds. The van der Waals surface area contributed by atoms with E-state index in [0.717, 1.165) is 64.8 Å². The van der Waals surface area contributed by atoms with Crippen LogP contribution in [-0.4, -0.2) is 28.6 Å². The van der Waals surface area contributed by atoms with Crippen LogP contribution in [0.5, 0.6) is 5.75 Å². The minimum atomic E-state index is 0.719. The number of rotatable bonds is 5. The van der Waals surface area contributed by atoms with Gasteiger partial charge in [-0.2, -0.15) is 0 Å². The zero-order valence-electron chi connectivity index (χ0n) is 20.1. The number of aromatic nitrogens is 3. The monoisotopic (exact) mass is 470 g/mol. The van der Waals surface area contributed by atoms with Gasteiger partial charge < -0.3 is 9.64 Å². The highest BCUT2D eigenvalue weighted by molar-refractivity contribution is 5.73. The number of nitrogens with zero attached hydrogens (tertiary/aromatic N) is 4. The third kappa shape index (κ3) is 4.43. The third-order valence-electron chi connectivity index (χ3n) is 6.66. The van der Waals surface area contributed by atoms with Gasteiger partial charge in [-0.15, -0.1) is 0 Å². The van der Waals surface area contributed by atoms with Crippen LogP contribution in [0.25, 0.3) is 33.8 Å². The molecule has 5 nitrogen and oxygen atoms in total. The Kier molecular flexibility index (Phi) is 5.88. The standard InChI is InChI=1S/C31H26N4O/c1-36-28-13-11-23(12-14-28)26-17-27(20-32-19-26)29-18-30(34-31(33-29)24-8-3-2-4-9-24)35-16-15-22-7-5-6-10-25(22)21-35/h2-14,17-20H,15-16,21H2,1H3. The lowest BCUT2D eigenvalue weighted by Crippen LogP contribution is -2.31. The number of hydrogen-bond acceptors (Lipinski definition) is 5. The molecule has 5 aromatic rings. The summed E-state index contributed by atoms with van der Waals surface area (Å²) in [7, 11) is 1.68. The number of hydrogen-bond donors (Lipinski definition) is 0. The third-order valence-corrected chi connectivity index (χ3v) is 6.66. The Balaban J connectivity index is 1.42. The molecule has 3 aromatic carbocycles. The second-order valence-electron chi connectivity index (χ2n) is 8.93. The molecule has 0 N–H and O–H groups in total. The lowest BCUT2D eigenvalue weighted by molar-refractivity contribution is 0.415. The van der Waals surface area contributed by atoms with E-state index in [9.17, 15) is 0 Å². The molecule has 2 aromatic heterocycles. The van der Waals surface area contributed by atoms with Crippen molar-refractivity contribution in [3.63, 3.8) is 0 Å². The quantitative estimate of drug-likeness (QED) is 0.296. The maximum absolute atomic E-state index is 5.31. The first-order chi connectivity index (χ1) is 17.8. The molecule has 5 heteroatoms. The molecular formula is C31H26N4O. The van der Waals surface area contributed by atoms with Gasteiger partial charge >= 0.3 is 0 Å². The fourth-order valence-electron chi connectivity index (χ4n) is 4.67. The van der Waals surface area contributed by atoms with Gasteiger partial charge in [0.2, 0.25) is 0 Å². The highest BCUT2D eigenvalue weighted by atomic mass is 16.5. The van der Waals surface area contributed by atoms with Crippen LogP contribution in [0.15, 0.2) is 103 Å². The molecule has 6 rings (SSSR count). The number of pyridine rings is 1. The fourth-order valence-corrected chi connectivity index (χ4v) is 4.67. The van der Waals surface area contributed by atoms with Crippen molar-refractivity contribution >= 4 is 5.82 Å². The zero-order chi connectivity index (χ0) is 24.3. The highest BCUT2D eigenvalue weighted by Gasteiger charge is 2.19. The summed E-state index contributed by atoms with van der Waals surface area (Å²) in [5.74, 6) is 2.49. The molecule has 36 heavy (non-hydrogen) atoms. The average Bonchev–Trinajstić information content (AvgIpc) is 2.97.